The second-order valence-corrected chi connectivity index (χ2v) is 4.10. The zero-order valence-corrected chi connectivity index (χ0v) is 9.74. The molecule has 0 unspecified atom stereocenters. The minimum Gasteiger partial charge on any atom is -0.381 e. The zero-order valence-electron chi connectivity index (χ0n) is 8.99. The smallest absolute Gasteiger partial charge is 0.224 e. The Hall–Kier alpha value is -0.940. The molecule has 1 aliphatic rings. The van der Waals surface area contributed by atoms with E-state index in [0.29, 0.717) is 13.2 Å². The molecule has 88 valence electrons. The highest BCUT2D eigenvalue weighted by atomic mass is 35.5. The first-order valence-corrected chi connectivity index (χ1v) is 5.55. The molecule has 1 fully saturated rings. The number of anilines is 1. The molecule has 4 nitrogen and oxygen atoms in total. The first kappa shape index (κ1) is 11.5. The maximum Gasteiger partial charge on any atom is 0.224 e. The second-order valence-electron chi connectivity index (χ2n) is 3.77. The van der Waals surface area contributed by atoms with Gasteiger partial charge in [-0.05, 0) is 24.4 Å². The second kappa shape index (κ2) is 4.93. The van der Waals surface area contributed by atoms with E-state index in [4.69, 9.17) is 16.3 Å². The van der Waals surface area contributed by atoms with Gasteiger partial charge in [0.2, 0.25) is 5.28 Å². The van der Waals surface area contributed by atoms with Gasteiger partial charge in [0.25, 0.3) is 0 Å². The molecule has 1 saturated heterocycles. The van der Waals surface area contributed by atoms with Crippen LogP contribution in [0.4, 0.5) is 10.2 Å². The van der Waals surface area contributed by atoms with Crippen molar-refractivity contribution in [2.24, 2.45) is 0 Å². The summed E-state index contributed by atoms with van der Waals surface area (Å²) < 4.78 is 18.8. The van der Waals surface area contributed by atoms with Crippen LogP contribution in [-0.4, -0.2) is 36.3 Å². The van der Waals surface area contributed by atoms with Crippen molar-refractivity contribution in [1.82, 2.24) is 9.97 Å². The van der Waals surface area contributed by atoms with Crippen molar-refractivity contribution in [2.75, 3.05) is 25.2 Å². The molecule has 2 heterocycles. The molecule has 0 N–H and O–H groups in total. The topological polar surface area (TPSA) is 38.2 Å². The van der Waals surface area contributed by atoms with E-state index < -0.39 is 5.82 Å². The van der Waals surface area contributed by atoms with Crippen LogP contribution in [-0.2, 0) is 4.74 Å². The predicted octanol–water partition coefficient (Wildman–Crippen LogP) is 1.88. The number of hydrogen-bond donors (Lipinski definition) is 0. The predicted molar refractivity (Wildman–Crippen MR) is 59.2 cm³/mol. The van der Waals surface area contributed by atoms with E-state index in [-0.39, 0.29) is 17.1 Å². The molecular weight excluding hydrogens is 233 g/mol. The molecule has 1 aromatic heterocycles. The monoisotopic (exact) mass is 245 g/mol. The molecular formula is C10H13ClFN3O. The van der Waals surface area contributed by atoms with Crippen LogP contribution < -0.4 is 4.90 Å². The molecule has 6 heteroatoms. The van der Waals surface area contributed by atoms with E-state index in [1.54, 1.807) is 0 Å². The minimum atomic E-state index is -0.446. The third kappa shape index (κ3) is 2.41. The van der Waals surface area contributed by atoms with Crippen molar-refractivity contribution < 1.29 is 9.13 Å². The number of hydrogen-bond acceptors (Lipinski definition) is 4. The summed E-state index contributed by atoms with van der Waals surface area (Å²) in [6.45, 7) is 1.41. The Morgan fingerprint density at radius 2 is 2.19 bits per heavy atom. The highest BCUT2D eigenvalue weighted by Gasteiger charge is 2.22. The van der Waals surface area contributed by atoms with Gasteiger partial charge in [-0.1, -0.05) is 0 Å². The number of halogens is 2. The third-order valence-electron chi connectivity index (χ3n) is 2.77. The summed E-state index contributed by atoms with van der Waals surface area (Å²) in [6.07, 6.45) is 2.84. The summed E-state index contributed by atoms with van der Waals surface area (Å²) in [5, 5.41) is 0.0651. The number of rotatable bonds is 2. The minimum absolute atomic E-state index is 0.0651. The van der Waals surface area contributed by atoms with Gasteiger partial charge in [0, 0.05) is 26.3 Å². The van der Waals surface area contributed by atoms with E-state index >= 15 is 0 Å². The fourth-order valence-corrected chi connectivity index (χ4v) is 1.96. The van der Waals surface area contributed by atoms with E-state index in [1.165, 1.54) is 0 Å². The Kier molecular flexibility index (Phi) is 3.56. The standard InChI is InChI=1S/C10H13ClFN3O/c1-15(7-2-4-16-5-3-7)9-8(12)6-13-10(11)14-9/h6-7H,2-5H2,1H3. The van der Waals surface area contributed by atoms with Gasteiger partial charge in [0.1, 0.15) is 0 Å². The lowest BCUT2D eigenvalue weighted by atomic mass is 10.1. The molecule has 1 aliphatic heterocycles. The highest BCUT2D eigenvalue weighted by molar-refractivity contribution is 6.28. The molecule has 2 rings (SSSR count). The van der Waals surface area contributed by atoms with Crippen LogP contribution >= 0.6 is 11.6 Å². The average molecular weight is 246 g/mol. The molecule has 1 aromatic rings. The van der Waals surface area contributed by atoms with E-state index in [0.717, 1.165) is 19.0 Å². The third-order valence-corrected chi connectivity index (χ3v) is 2.95. The summed E-state index contributed by atoms with van der Waals surface area (Å²) in [4.78, 5) is 9.32. The van der Waals surface area contributed by atoms with E-state index in [9.17, 15) is 4.39 Å². The van der Waals surface area contributed by atoms with Gasteiger partial charge in [-0.25, -0.2) is 9.37 Å². The van der Waals surface area contributed by atoms with Crippen LogP contribution in [0.3, 0.4) is 0 Å². The number of nitrogens with zero attached hydrogens (tertiary/aromatic N) is 3. The van der Waals surface area contributed by atoms with Crippen LogP contribution in [0.1, 0.15) is 12.8 Å². The molecule has 16 heavy (non-hydrogen) atoms. The van der Waals surface area contributed by atoms with Gasteiger partial charge in [0.15, 0.2) is 11.6 Å². The van der Waals surface area contributed by atoms with Gasteiger partial charge >= 0.3 is 0 Å². The van der Waals surface area contributed by atoms with E-state index in [1.807, 2.05) is 11.9 Å². The van der Waals surface area contributed by atoms with Crippen LogP contribution in [0.5, 0.6) is 0 Å². The highest BCUT2D eigenvalue weighted by Crippen LogP contribution is 2.22. The average Bonchev–Trinajstić information content (AvgIpc) is 2.32. The lowest BCUT2D eigenvalue weighted by Crippen LogP contribution is -2.37. The SMILES string of the molecule is CN(c1nc(Cl)ncc1F)C1CCOCC1. The van der Waals surface area contributed by atoms with Crippen molar-refractivity contribution in [3.63, 3.8) is 0 Å². The molecule has 0 aliphatic carbocycles. The summed E-state index contributed by atoms with van der Waals surface area (Å²) in [7, 11) is 1.82. The van der Waals surface area contributed by atoms with Crippen molar-refractivity contribution in [2.45, 2.75) is 18.9 Å². The first-order valence-electron chi connectivity index (χ1n) is 5.17. The summed E-state index contributed by atoms with van der Waals surface area (Å²) in [6, 6.07) is 0.245. The Morgan fingerprint density at radius 1 is 1.50 bits per heavy atom. The van der Waals surface area contributed by atoms with Crippen molar-refractivity contribution >= 4 is 17.4 Å². The quantitative estimate of drug-likeness (QED) is 0.746. The Bertz CT molecular complexity index is 371. The van der Waals surface area contributed by atoms with Crippen LogP contribution in [0, 0.1) is 5.82 Å². The number of aromatic nitrogens is 2. The fraction of sp³-hybridized carbons (Fsp3) is 0.600. The van der Waals surface area contributed by atoms with Gasteiger partial charge in [0.05, 0.1) is 6.20 Å². The molecule has 0 radical (unpaired) electrons. The maximum atomic E-state index is 13.5. The molecule has 0 spiro atoms. The summed E-state index contributed by atoms with van der Waals surface area (Å²) in [5.74, 6) is -0.190. The summed E-state index contributed by atoms with van der Waals surface area (Å²) in [5.41, 5.74) is 0. The van der Waals surface area contributed by atoms with Crippen molar-refractivity contribution in [3.8, 4) is 0 Å². The normalized spacial score (nSPS) is 17.4. The molecule has 0 atom stereocenters. The molecule has 0 saturated carbocycles. The largest absolute Gasteiger partial charge is 0.381 e. The Labute approximate surface area is 98.4 Å². The van der Waals surface area contributed by atoms with Crippen LogP contribution in [0.2, 0.25) is 5.28 Å². The Balaban J connectivity index is 2.18. The molecule has 0 amide bonds. The van der Waals surface area contributed by atoms with Gasteiger partial charge in [-0.3, -0.25) is 0 Å². The lowest BCUT2D eigenvalue weighted by molar-refractivity contribution is 0.0852. The van der Waals surface area contributed by atoms with Crippen molar-refractivity contribution in [1.29, 1.82) is 0 Å². The van der Waals surface area contributed by atoms with Crippen LogP contribution in [0.15, 0.2) is 6.20 Å². The Morgan fingerprint density at radius 3 is 2.88 bits per heavy atom. The zero-order chi connectivity index (χ0) is 11.5. The van der Waals surface area contributed by atoms with Crippen LogP contribution in [0.25, 0.3) is 0 Å². The van der Waals surface area contributed by atoms with Gasteiger partial charge < -0.3 is 9.64 Å². The first-order chi connectivity index (χ1) is 7.68. The maximum absolute atomic E-state index is 13.5. The molecule has 0 bridgehead atoms. The van der Waals surface area contributed by atoms with Crippen molar-refractivity contribution in [3.05, 3.63) is 17.3 Å². The summed E-state index contributed by atoms with van der Waals surface area (Å²) >= 11 is 5.66. The van der Waals surface area contributed by atoms with Gasteiger partial charge in [-0.2, -0.15) is 4.98 Å². The number of ether oxygens (including phenoxy) is 1. The fourth-order valence-electron chi connectivity index (χ4n) is 1.83. The van der Waals surface area contributed by atoms with E-state index in [2.05, 4.69) is 9.97 Å². The molecule has 0 aromatic carbocycles. The lowest BCUT2D eigenvalue weighted by Gasteiger charge is -2.32. The van der Waals surface area contributed by atoms with Gasteiger partial charge in [-0.15, -0.1) is 0 Å².